The van der Waals surface area contributed by atoms with Gasteiger partial charge in [-0.25, -0.2) is 4.98 Å². The molecule has 1 heterocycles. The molecule has 1 aromatic heterocycles. The third-order valence-electron chi connectivity index (χ3n) is 2.47. The fourth-order valence-corrected chi connectivity index (χ4v) is 1.60. The molecule has 0 aliphatic rings. The van der Waals surface area contributed by atoms with Crippen LogP contribution < -0.4 is 4.74 Å². The highest BCUT2D eigenvalue weighted by Gasteiger charge is 2.11. The number of H-pyrrole nitrogens is 1. The van der Waals surface area contributed by atoms with E-state index in [1.54, 1.807) is 19.2 Å². The number of rotatable bonds is 2. The van der Waals surface area contributed by atoms with Gasteiger partial charge in [-0.3, -0.25) is 0 Å². The molecule has 2 aromatic rings. The Morgan fingerprint density at radius 3 is 2.75 bits per heavy atom. The summed E-state index contributed by atoms with van der Waals surface area (Å²) in [5, 5.41) is 8.89. The van der Waals surface area contributed by atoms with Crippen LogP contribution in [0.4, 0.5) is 0 Å². The molecule has 0 aliphatic carbocycles. The van der Waals surface area contributed by atoms with Crippen molar-refractivity contribution in [2.75, 3.05) is 7.11 Å². The Morgan fingerprint density at radius 1 is 1.44 bits per heavy atom. The first-order chi connectivity index (χ1) is 7.65. The van der Waals surface area contributed by atoms with Gasteiger partial charge in [0.2, 0.25) is 0 Å². The van der Waals surface area contributed by atoms with E-state index in [1.165, 1.54) is 0 Å². The molecule has 0 atom stereocenters. The first-order valence-corrected chi connectivity index (χ1v) is 5.13. The third-order valence-corrected chi connectivity index (χ3v) is 2.47. The second kappa shape index (κ2) is 3.86. The number of imidazole rings is 1. The molecule has 2 rings (SSSR count). The number of aromatic nitrogens is 2. The van der Waals surface area contributed by atoms with Gasteiger partial charge in [0.15, 0.2) is 0 Å². The first kappa shape index (κ1) is 10.5. The summed E-state index contributed by atoms with van der Waals surface area (Å²) in [4.78, 5) is 7.66. The summed E-state index contributed by atoms with van der Waals surface area (Å²) < 4.78 is 5.24. The number of hydrogen-bond acceptors (Lipinski definition) is 3. The average molecular weight is 215 g/mol. The predicted octanol–water partition coefficient (Wildman–Crippen LogP) is 2.57. The van der Waals surface area contributed by atoms with Crippen molar-refractivity contribution in [1.82, 2.24) is 9.97 Å². The van der Waals surface area contributed by atoms with Crippen LogP contribution in [0.25, 0.3) is 11.0 Å². The molecule has 16 heavy (non-hydrogen) atoms. The summed E-state index contributed by atoms with van der Waals surface area (Å²) in [5.41, 5.74) is 2.19. The molecule has 0 radical (unpaired) electrons. The molecule has 0 amide bonds. The van der Waals surface area contributed by atoms with Gasteiger partial charge in [-0.05, 0) is 6.07 Å². The monoisotopic (exact) mass is 215 g/mol. The zero-order valence-corrected chi connectivity index (χ0v) is 9.53. The van der Waals surface area contributed by atoms with Gasteiger partial charge < -0.3 is 9.72 Å². The number of ether oxygens (including phenoxy) is 1. The van der Waals surface area contributed by atoms with Crippen molar-refractivity contribution in [1.29, 1.82) is 5.26 Å². The van der Waals surface area contributed by atoms with Crippen LogP contribution in [0.3, 0.4) is 0 Å². The Hall–Kier alpha value is -2.02. The van der Waals surface area contributed by atoms with E-state index in [9.17, 15) is 0 Å². The highest BCUT2D eigenvalue weighted by molar-refractivity contribution is 5.83. The van der Waals surface area contributed by atoms with E-state index in [0.29, 0.717) is 17.2 Å². The maximum Gasteiger partial charge on any atom is 0.145 e. The van der Waals surface area contributed by atoms with E-state index < -0.39 is 0 Å². The van der Waals surface area contributed by atoms with Gasteiger partial charge in [0.05, 0.1) is 24.3 Å². The summed E-state index contributed by atoms with van der Waals surface area (Å²) >= 11 is 0. The largest absolute Gasteiger partial charge is 0.494 e. The lowest BCUT2D eigenvalue weighted by Gasteiger charge is -2.01. The summed E-state index contributed by atoms with van der Waals surface area (Å²) in [5.74, 6) is 1.89. The number of hydrogen-bond donors (Lipinski definition) is 1. The highest BCUT2D eigenvalue weighted by atomic mass is 16.5. The van der Waals surface area contributed by atoms with Gasteiger partial charge in [0, 0.05) is 12.0 Å². The SMILES string of the molecule is COc1cc(C#N)cc2nc(C(C)C)[nH]c12. The predicted molar refractivity (Wildman–Crippen MR) is 61.4 cm³/mol. The van der Waals surface area contributed by atoms with Crippen molar-refractivity contribution in [3.05, 3.63) is 23.5 Å². The number of benzene rings is 1. The third kappa shape index (κ3) is 1.61. The van der Waals surface area contributed by atoms with Gasteiger partial charge in [0.1, 0.15) is 17.1 Å². The second-order valence-electron chi connectivity index (χ2n) is 3.96. The number of aromatic amines is 1. The minimum absolute atomic E-state index is 0.322. The molecular formula is C12H13N3O. The number of methoxy groups -OCH3 is 1. The van der Waals surface area contributed by atoms with Crippen molar-refractivity contribution < 1.29 is 4.74 Å². The van der Waals surface area contributed by atoms with E-state index in [-0.39, 0.29) is 0 Å². The Morgan fingerprint density at radius 2 is 2.19 bits per heavy atom. The quantitative estimate of drug-likeness (QED) is 0.837. The van der Waals surface area contributed by atoms with Crippen LogP contribution in [0.1, 0.15) is 31.2 Å². The lowest BCUT2D eigenvalue weighted by molar-refractivity contribution is 0.419. The van der Waals surface area contributed by atoms with E-state index in [1.807, 2.05) is 0 Å². The maximum absolute atomic E-state index is 8.89. The Balaban J connectivity index is 2.71. The van der Waals surface area contributed by atoms with Crippen molar-refractivity contribution in [2.45, 2.75) is 19.8 Å². The van der Waals surface area contributed by atoms with Crippen LogP contribution in [0.5, 0.6) is 5.75 Å². The normalized spacial score (nSPS) is 10.7. The van der Waals surface area contributed by atoms with Gasteiger partial charge in [-0.2, -0.15) is 5.26 Å². The Labute approximate surface area is 93.9 Å². The van der Waals surface area contributed by atoms with Crippen LogP contribution >= 0.6 is 0 Å². The van der Waals surface area contributed by atoms with Crippen molar-refractivity contribution >= 4 is 11.0 Å². The molecular weight excluding hydrogens is 202 g/mol. The minimum Gasteiger partial charge on any atom is -0.494 e. The molecule has 4 nitrogen and oxygen atoms in total. The molecule has 4 heteroatoms. The molecule has 1 N–H and O–H groups in total. The topological polar surface area (TPSA) is 61.7 Å². The van der Waals surface area contributed by atoms with Gasteiger partial charge in [-0.1, -0.05) is 13.8 Å². The first-order valence-electron chi connectivity index (χ1n) is 5.13. The molecule has 0 bridgehead atoms. The van der Waals surface area contributed by atoms with Crippen molar-refractivity contribution in [2.24, 2.45) is 0 Å². The van der Waals surface area contributed by atoms with Gasteiger partial charge in [0.25, 0.3) is 0 Å². The fourth-order valence-electron chi connectivity index (χ4n) is 1.60. The Kier molecular flexibility index (Phi) is 2.53. The fraction of sp³-hybridized carbons (Fsp3) is 0.333. The van der Waals surface area contributed by atoms with Crippen molar-refractivity contribution in [3.8, 4) is 11.8 Å². The lowest BCUT2D eigenvalue weighted by Crippen LogP contribution is -1.89. The van der Waals surface area contributed by atoms with Crippen LogP contribution in [-0.4, -0.2) is 17.1 Å². The molecule has 0 spiro atoms. The number of nitrogens with one attached hydrogen (secondary N) is 1. The van der Waals surface area contributed by atoms with E-state index in [0.717, 1.165) is 16.9 Å². The standard InChI is InChI=1S/C12H13N3O/c1-7(2)12-14-9-4-8(6-13)5-10(16-3)11(9)15-12/h4-5,7H,1-3H3,(H,14,15). The van der Waals surface area contributed by atoms with Crippen LogP contribution in [0, 0.1) is 11.3 Å². The molecule has 0 unspecified atom stereocenters. The summed E-state index contributed by atoms with van der Waals surface area (Å²) in [7, 11) is 1.59. The summed E-state index contributed by atoms with van der Waals surface area (Å²) in [6.07, 6.45) is 0. The van der Waals surface area contributed by atoms with Gasteiger partial charge >= 0.3 is 0 Å². The zero-order chi connectivity index (χ0) is 11.7. The van der Waals surface area contributed by atoms with Crippen LogP contribution in [-0.2, 0) is 0 Å². The minimum atomic E-state index is 0.322. The van der Waals surface area contributed by atoms with Crippen LogP contribution in [0.15, 0.2) is 12.1 Å². The zero-order valence-electron chi connectivity index (χ0n) is 9.53. The lowest BCUT2D eigenvalue weighted by atomic mass is 10.2. The van der Waals surface area contributed by atoms with Gasteiger partial charge in [-0.15, -0.1) is 0 Å². The smallest absolute Gasteiger partial charge is 0.145 e. The second-order valence-corrected chi connectivity index (χ2v) is 3.96. The molecule has 0 aliphatic heterocycles. The molecule has 0 saturated carbocycles. The van der Waals surface area contributed by atoms with E-state index in [4.69, 9.17) is 10.00 Å². The molecule has 0 saturated heterocycles. The summed E-state index contributed by atoms with van der Waals surface area (Å²) in [6, 6.07) is 5.58. The molecule has 1 aromatic carbocycles. The highest BCUT2D eigenvalue weighted by Crippen LogP contribution is 2.27. The molecule has 0 fully saturated rings. The maximum atomic E-state index is 8.89. The average Bonchev–Trinajstić information content (AvgIpc) is 2.71. The van der Waals surface area contributed by atoms with Crippen molar-refractivity contribution in [3.63, 3.8) is 0 Å². The van der Waals surface area contributed by atoms with E-state index >= 15 is 0 Å². The van der Waals surface area contributed by atoms with Crippen LogP contribution in [0.2, 0.25) is 0 Å². The Bertz CT molecular complexity index is 563. The number of fused-ring (bicyclic) bond motifs is 1. The van der Waals surface area contributed by atoms with E-state index in [2.05, 4.69) is 29.9 Å². The number of nitriles is 1. The number of nitrogens with zero attached hydrogens (tertiary/aromatic N) is 2. The molecule has 82 valence electrons. The summed E-state index contributed by atoms with van der Waals surface area (Å²) in [6.45, 7) is 4.13.